The fourth-order valence-electron chi connectivity index (χ4n) is 4.25. The van der Waals surface area contributed by atoms with Gasteiger partial charge < -0.3 is 9.30 Å². The predicted octanol–water partition coefficient (Wildman–Crippen LogP) is 6.26. The molecule has 1 aliphatic rings. The lowest BCUT2D eigenvalue weighted by Gasteiger charge is -2.07. The van der Waals surface area contributed by atoms with Crippen LogP contribution in [0.15, 0.2) is 75.4 Å². The molecule has 1 N–H and O–H groups in total. The normalized spacial score (nSPS) is 14.4. The van der Waals surface area contributed by atoms with Gasteiger partial charge in [0.1, 0.15) is 0 Å². The first-order valence-electron chi connectivity index (χ1n) is 12.4. The standard InChI is InChI=1S/C27H23BF4N4O5S/c1-16-12-17(2)35(3)25(16)15-21-7-6-20(36(21)28(31)32)8-11-26(37)41-27-23(29)13-19(14-24(27)30)34-33-18-4-9-22(10-5-18)42(38,39)40/h4-7,9-10,12-15H,8,11H2,1-3H3/p+1. The van der Waals surface area contributed by atoms with Crippen LogP contribution in [0, 0.1) is 25.5 Å². The van der Waals surface area contributed by atoms with Crippen LogP contribution in [-0.4, -0.2) is 41.1 Å². The van der Waals surface area contributed by atoms with Crippen molar-refractivity contribution in [3.63, 3.8) is 0 Å². The van der Waals surface area contributed by atoms with Gasteiger partial charge in [0, 0.05) is 49.5 Å². The molecule has 0 atom stereocenters. The van der Waals surface area contributed by atoms with E-state index in [-0.39, 0.29) is 34.1 Å². The highest BCUT2D eigenvalue weighted by atomic mass is 32.2. The molecule has 3 aromatic rings. The summed E-state index contributed by atoms with van der Waals surface area (Å²) in [7, 11) is -5.47. The van der Waals surface area contributed by atoms with Gasteiger partial charge >= 0.3 is 13.4 Å². The quantitative estimate of drug-likeness (QED) is 0.0776. The average molecular weight is 603 g/mol. The second-order valence-corrected chi connectivity index (χ2v) is 10.8. The molecule has 1 aromatic heterocycles. The fourth-order valence-corrected chi connectivity index (χ4v) is 4.73. The molecule has 0 bridgehead atoms. The summed E-state index contributed by atoms with van der Waals surface area (Å²) in [6.07, 6.45) is 3.97. The van der Waals surface area contributed by atoms with Crippen LogP contribution < -0.4 is 4.74 Å². The first-order valence-corrected chi connectivity index (χ1v) is 13.8. The van der Waals surface area contributed by atoms with Crippen LogP contribution in [0.2, 0.25) is 0 Å². The van der Waals surface area contributed by atoms with Crippen LogP contribution in [0.5, 0.6) is 5.75 Å². The average Bonchev–Trinajstić information content (AvgIpc) is 3.43. The molecule has 0 saturated carbocycles. The Bertz CT molecular complexity index is 1760. The molecule has 1 aliphatic heterocycles. The van der Waals surface area contributed by atoms with Gasteiger partial charge in [0.25, 0.3) is 10.1 Å². The Morgan fingerprint density at radius 3 is 2.21 bits per heavy atom. The highest BCUT2D eigenvalue weighted by Gasteiger charge is 2.41. The van der Waals surface area contributed by atoms with Gasteiger partial charge in [0.2, 0.25) is 5.75 Å². The molecular formula is C27H24BF4N4O5S+. The first-order chi connectivity index (χ1) is 19.7. The van der Waals surface area contributed by atoms with Crippen molar-refractivity contribution in [1.82, 2.24) is 4.57 Å². The van der Waals surface area contributed by atoms with Gasteiger partial charge in [-0.1, -0.05) is 0 Å². The van der Waals surface area contributed by atoms with Gasteiger partial charge in [-0.3, -0.25) is 9.35 Å². The molecule has 2 aromatic carbocycles. The first kappa shape index (κ1) is 30.6. The minimum Gasteiger partial charge on any atom is -0.420 e. The number of carbonyl (C=O) groups is 1. The van der Waals surface area contributed by atoms with Crippen LogP contribution in [0.3, 0.4) is 0 Å². The van der Waals surface area contributed by atoms with Crippen molar-refractivity contribution in [2.45, 2.75) is 31.6 Å². The van der Waals surface area contributed by atoms with Crippen molar-refractivity contribution in [3.8, 4) is 5.75 Å². The molecule has 9 nitrogen and oxygen atoms in total. The number of azo groups is 1. The van der Waals surface area contributed by atoms with E-state index in [0.717, 1.165) is 45.7 Å². The Morgan fingerprint density at radius 1 is 1.05 bits per heavy atom. The van der Waals surface area contributed by atoms with E-state index in [4.69, 9.17) is 9.29 Å². The second kappa shape index (κ2) is 12.2. The number of carbonyl (C=O) groups excluding carboxylic acids is 1. The van der Waals surface area contributed by atoms with Crippen LogP contribution >= 0.6 is 0 Å². The summed E-state index contributed by atoms with van der Waals surface area (Å²) >= 11 is 0. The Labute approximate surface area is 239 Å². The minimum absolute atomic E-state index is 0.127. The van der Waals surface area contributed by atoms with E-state index in [0.29, 0.717) is 0 Å². The third-order valence-electron chi connectivity index (χ3n) is 6.43. The zero-order valence-electron chi connectivity index (χ0n) is 22.6. The SMILES string of the molecule is Cc1cc(C)n(C)c1/C=C1/C=CC(CCC(=O)Oc2c(F)cc(N=Nc3ccc(S(=O)(=O)O)cc3)cc2F)=[N+]1B(F)F. The molecular weight excluding hydrogens is 579 g/mol. The zero-order valence-corrected chi connectivity index (χ0v) is 23.4. The lowest BCUT2D eigenvalue weighted by Crippen LogP contribution is -2.25. The largest absolute Gasteiger partial charge is 0.934 e. The number of halogens is 4. The van der Waals surface area contributed by atoms with E-state index in [1.807, 2.05) is 31.5 Å². The third kappa shape index (κ3) is 6.91. The maximum atomic E-state index is 14.6. The molecule has 0 aliphatic carbocycles. The smallest absolute Gasteiger partial charge is 0.420 e. The molecule has 15 heteroatoms. The maximum Gasteiger partial charge on any atom is 0.934 e. The Morgan fingerprint density at radius 2 is 1.67 bits per heavy atom. The lowest BCUT2D eigenvalue weighted by molar-refractivity contribution is -0.342. The summed E-state index contributed by atoms with van der Waals surface area (Å²) < 4.78 is 95.7. The summed E-state index contributed by atoms with van der Waals surface area (Å²) in [5, 5.41) is 7.41. The van der Waals surface area contributed by atoms with Crippen LogP contribution in [0.25, 0.3) is 6.08 Å². The van der Waals surface area contributed by atoms with Gasteiger partial charge in [-0.15, -0.1) is 0 Å². The number of aryl methyl sites for hydroxylation is 2. The van der Waals surface area contributed by atoms with Crippen molar-refractivity contribution in [3.05, 3.63) is 88.9 Å². The van der Waals surface area contributed by atoms with Crippen molar-refractivity contribution in [2.75, 3.05) is 0 Å². The number of hydrogen-bond donors (Lipinski definition) is 1. The highest BCUT2D eigenvalue weighted by Crippen LogP contribution is 2.29. The van der Waals surface area contributed by atoms with Crippen molar-refractivity contribution in [1.29, 1.82) is 0 Å². The Hall–Kier alpha value is -4.37. The van der Waals surface area contributed by atoms with Gasteiger partial charge in [-0.2, -0.15) is 18.6 Å². The van der Waals surface area contributed by atoms with Crippen LogP contribution in [-0.2, 0) is 22.0 Å². The van der Waals surface area contributed by atoms with Gasteiger partial charge in [0.15, 0.2) is 23.0 Å². The van der Waals surface area contributed by atoms with E-state index in [9.17, 15) is 30.6 Å². The summed E-state index contributed by atoms with van der Waals surface area (Å²) in [6.45, 7) is 3.76. The number of aromatic nitrogens is 1. The molecule has 42 heavy (non-hydrogen) atoms. The van der Waals surface area contributed by atoms with Gasteiger partial charge in [-0.05, 0) is 49.7 Å². The minimum atomic E-state index is -4.40. The fraction of sp³-hybridized carbons (Fsp3) is 0.185. The highest BCUT2D eigenvalue weighted by molar-refractivity contribution is 7.85. The number of nitrogens with zero attached hydrogens (tertiary/aromatic N) is 4. The molecule has 4 rings (SSSR count). The number of ether oxygens (including phenoxy) is 1. The number of rotatable bonds is 9. The van der Waals surface area contributed by atoms with E-state index in [1.54, 1.807) is 6.08 Å². The molecule has 0 unspecified atom stereocenters. The lowest BCUT2D eigenvalue weighted by atomic mass is 10.1. The zero-order chi connectivity index (χ0) is 30.8. The third-order valence-corrected chi connectivity index (χ3v) is 7.30. The summed E-state index contributed by atoms with van der Waals surface area (Å²) in [4.78, 5) is 12.0. The molecule has 0 fully saturated rings. The molecule has 0 saturated heterocycles. The van der Waals surface area contributed by atoms with Crippen LogP contribution in [0.1, 0.15) is 29.8 Å². The molecule has 218 valence electrons. The van der Waals surface area contributed by atoms with E-state index >= 15 is 0 Å². The molecule has 0 spiro atoms. The number of hydrogen-bond acceptors (Lipinski definition) is 6. The molecule has 0 radical (unpaired) electrons. The topological polar surface area (TPSA) is 113 Å². The maximum absolute atomic E-state index is 14.6. The van der Waals surface area contributed by atoms with Gasteiger partial charge in [0.05, 0.1) is 28.4 Å². The summed E-state index contributed by atoms with van der Waals surface area (Å²) in [5.74, 6) is -4.52. The predicted molar refractivity (Wildman–Crippen MR) is 147 cm³/mol. The Balaban J connectivity index is 1.44. The summed E-state index contributed by atoms with van der Waals surface area (Å²) in [6, 6.07) is 8.01. The number of benzene rings is 2. The molecule has 2 heterocycles. The van der Waals surface area contributed by atoms with E-state index in [1.165, 1.54) is 24.3 Å². The van der Waals surface area contributed by atoms with E-state index in [2.05, 4.69) is 10.2 Å². The molecule has 0 amide bonds. The van der Waals surface area contributed by atoms with Crippen molar-refractivity contribution < 1.29 is 44.4 Å². The Kier molecular flexibility index (Phi) is 8.92. The number of esters is 1. The van der Waals surface area contributed by atoms with E-state index < -0.39 is 47.3 Å². The van der Waals surface area contributed by atoms with Gasteiger partial charge in [-0.25, -0.2) is 21.9 Å². The number of allylic oxidation sites excluding steroid dienone is 2. The van der Waals surface area contributed by atoms with Crippen molar-refractivity contribution in [2.24, 2.45) is 17.3 Å². The van der Waals surface area contributed by atoms with Crippen molar-refractivity contribution >= 4 is 46.7 Å². The summed E-state index contributed by atoms with van der Waals surface area (Å²) in [5.41, 5.74) is 2.84. The monoisotopic (exact) mass is 603 g/mol. The van der Waals surface area contributed by atoms with Crippen LogP contribution in [0.4, 0.5) is 28.8 Å². The second-order valence-electron chi connectivity index (χ2n) is 9.34.